The van der Waals surface area contributed by atoms with Gasteiger partial charge in [-0.05, 0) is 55.7 Å². The highest BCUT2D eigenvalue weighted by molar-refractivity contribution is 5.87. The maximum Gasteiger partial charge on any atom is 0.242 e. The lowest BCUT2D eigenvalue weighted by molar-refractivity contribution is -0.143. The Morgan fingerprint density at radius 2 is 1.71 bits per heavy atom. The Kier molecular flexibility index (Phi) is 8.47. The fourth-order valence-corrected chi connectivity index (χ4v) is 5.04. The molecule has 2 aliphatic rings. The Morgan fingerprint density at radius 3 is 2.38 bits per heavy atom. The molecule has 0 aliphatic heterocycles. The van der Waals surface area contributed by atoms with Gasteiger partial charge in [-0.2, -0.15) is 0 Å². The molecule has 184 valence electrons. The van der Waals surface area contributed by atoms with Gasteiger partial charge < -0.3 is 14.4 Å². The molecule has 1 aromatic carbocycles. The van der Waals surface area contributed by atoms with Crippen molar-refractivity contribution >= 4 is 11.8 Å². The van der Waals surface area contributed by atoms with Crippen LogP contribution in [0.4, 0.5) is 0 Å². The number of benzene rings is 1. The van der Waals surface area contributed by atoms with Crippen LogP contribution in [-0.2, 0) is 22.7 Å². The Morgan fingerprint density at radius 1 is 0.971 bits per heavy atom. The summed E-state index contributed by atoms with van der Waals surface area (Å²) < 4.78 is 2.25. The summed E-state index contributed by atoms with van der Waals surface area (Å²) in [6, 6.07) is 14.9. The van der Waals surface area contributed by atoms with Crippen molar-refractivity contribution in [2.45, 2.75) is 84.3 Å². The molecule has 0 radical (unpaired) electrons. The maximum absolute atomic E-state index is 13.8. The Balaban J connectivity index is 1.50. The zero-order valence-electron chi connectivity index (χ0n) is 21.0. The van der Waals surface area contributed by atoms with E-state index in [1.165, 1.54) is 24.8 Å². The van der Waals surface area contributed by atoms with E-state index >= 15 is 0 Å². The molecule has 0 N–H and O–H groups in total. The van der Waals surface area contributed by atoms with Crippen LogP contribution in [0.1, 0.15) is 76.5 Å². The predicted octanol–water partition coefficient (Wildman–Crippen LogP) is 5.48. The van der Waals surface area contributed by atoms with E-state index in [0.29, 0.717) is 19.0 Å². The van der Waals surface area contributed by atoms with Gasteiger partial charge >= 0.3 is 0 Å². The van der Waals surface area contributed by atoms with Crippen LogP contribution in [0.5, 0.6) is 0 Å². The second kappa shape index (κ2) is 11.7. The summed E-state index contributed by atoms with van der Waals surface area (Å²) in [5.74, 6) is 0.952. The molecule has 0 atom stereocenters. The number of nitrogens with zero attached hydrogens (tertiary/aromatic N) is 3. The van der Waals surface area contributed by atoms with Crippen LogP contribution in [-0.4, -0.2) is 45.3 Å². The van der Waals surface area contributed by atoms with Crippen molar-refractivity contribution in [3.8, 4) is 0 Å². The lowest BCUT2D eigenvalue weighted by Gasteiger charge is -2.36. The highest BCUT2D eigenvalue weighted by Crippen LogP contribution is 2.31. The number of aromatic nitrogens is 1. The highest BCUT2D eigenvalue weighted by atomic mass is 16.2. The lowest BCUT2D eigenvalue weighted by atomic mass is 9.94. The Bertz CT molecular complexity index is 926. The molecule has 1 aromatic heterocycles. The molecule has 0 spiro atoms. The van der Waals surface area contributed by atoms with E-state index in [4.69, 9.17) is 0 Å². The first-order valence-electron chi connectivity index (χ1n) is 13.3. The standard InChI is InChI=1S/C29H41N3O2/c1-23(2)17-19-31(29(34)25-15-16-25)22-28(33)32(26-12-7-4-8-13-26)21-27-14-9-18-30(27)20-24-10-5-3-6-11-24/h3,5-6,9-11,14,18,23,25-26H,4,7-8,12-13,15-17,19-22H2,1-2H3. The first-order chi connectivity index (χ1) is 16.5. The lowest BCUT2D eigenvalue weighted by Crippen LogP contribution is -2.48. The summed E-state index contributed by atoms with van der Waals surface area (Å²) in [4.78, 5) is 30.7. The number of carbonyl (C=O) groups excluding carboxylic acids is 2. The predicted molar refractivity (Wildman–Crippen MR) is 136 cm³/mol. The fraction of sp³-hybridized carbons (Fsp3) is 0.586. The zero-order valence-corrected chi connectivity index (χ0v) is 21.0. The van der Waals surface area contributed by atoms with Crippen LogP contribution in [0, 0.1) is 11.8 Å². The quantitative estimate of drug-likeness (QED) is 0.443. The number of carbonyl (C=O) groups is 2. The number of hydrogen-bond donors (Lipinski definition) is 0. The van der Waals surface area contributed by atoms with Crippen molar-refractivity contribution in [2.75, 3.05) is 13.1 Å². The van der Waals surface area contributed by atoms with Gasteiger partial charge in [-0.1, -0.05) is 63.4 Å². The third-order valence-corrected chi connectivity index (χ3v) is 7.33. The second-order valence-electron chi connectivity index (χ2n) is 10.6. The smallest absolute Gasteiger partial charge is 0.242 e. The number of hydrogen-bond acceptors (Lipinski definition) is 2. The van der Waals surface area contributed by atoms with E-state index < -0.39 is 0 Å². The van der Waals surface area contributed by atoms with E-state index in [1.807, 2.05) is 11.0 Å². The van der Waals surface area contributed by atoms with Crippen molar-refractivity contribution in [3.05, 3.63) is 59.9 Å². The van der Waals surface area contributed by atoms with Gasteiger partial charge in [-0.15, -0.1) is 0 Å². The average Bonchev–Trinajstić information content (AvgIpc) is 3.61. The zero-order chi connectivity index (χ0) is 23.9. The molecular formula is C29H41N3O2. The molecule has 5 nitrogen and oxygen atoms in total. The molecule has 2 aromatic rings. The Labute approximate surface area is 205 Å². The minimum Gasteiger partial charge on any atom is -0.345 e. The molecule has 0 bridgehead atoms. The van der Waals surface area contributed by atoms with Crippen LogP contribution >= 0.6 is 0 Å². The Hall–Kier alpha value is -2.56. The summed E-state index contributed by atoms with van der Waals surface area (Å²) in [5, 5.41) is 0. The van der Waals surface area contributed by atoms with Gasteiger partial charge in [0.2, 0.25) is 11.8 Å². The van der Waals surface area contributed by atoms with Crippen molar-refractivity contribution in [2.24, 2.45) is 11.8 Å². The molecule has 1 heterocycles. The molecule has 2 fully saturated rings. The van der Waals surface area contributed by atoms with Crippen molar-refractivity contribution in [3.63, 3.8) is 0 Å². The summed E-state index contributed by atoms with van der Waals surface area (Å²) in [6.45, 7) is 6.67. The highest BCUT2D eigenvalue weighted by Gasteiger charge is 2.35. The molecule has 2 aliphatic carbocycles. The monoisotopic (exact) mass is 463 g/mol. The van der Waals surface area contributed by atoms with Gasteiger partial charge in [0.15, 0.2) is 0 Å². The third kappa shape index (κ3) is 6.74. The average molecular weight is 464 g/mol. The van der Waals surface area contributed by atoms with E-state index in [-0.39, 0.29) is 30.3 Å². The molecule has 4 rings (SSSR count). The van der Waals surface area contributed by atoms with Gasteiger partial charge in [-0.25, -0.2) is 0 Å². The summed E-state index contributed by atoms with van der Waals surface area (Å²) in [5.41, 5.74) is 2.41. The van der Waals surface area contributed by atoms with Crippen LogP contribution in [0.25, 0.3) is 0 Å². The minimum atomic E-state index is 0.108. The molecule has 2 amide bonds. The molecule has 34 heavy (non-hydrogen) atoms. The summed E-state index contributed by atoms with van der Waals surface area (Å²) in [7, 11) is 0. The first kappa shape index (κ1) is 24.6. The van der Waals surface area contributed by atoms with E-state index in [9.17, 15) is 9.59 Å². The van der Waals surface area contributed by atoms with E-state index in [0.717, 1.165) is 44.3 Å². The van der Waals surface area contributed by atoms with Gasteiger partial charge in [0.05, 0.1) is 13.1 Å². The van der Waals surface area contributed by atoms with Crippen molar-refractivity contribution < 1.29 is 9.59 Å². The molecule has 5 heteroatoms. The van der Waals surface area contributed by atoms with Gasteiger partial charge in [0.25, 0.3) is 0 Å². The van der Waals surface area contributed by atoms with Gasteiger partial charge in [0.1, 0.15) is 0 Å². The summed E-state index contributed by atoms with van der Waals surface area (Å²) >= 11 is 0. The third-order valence-electron chi connectivity index (χ3n) is 7.33. The van der Waals surface area contributed by atoms with Gasteiger partial charge in [-0.3, -0.25) is 9.59 Å². The molecule has 0 unspecified atom stereocenters. The van der Waals surface area contributed by atoms with Crippen LogP contribution in [0.15, 0.2) is 48.7 Å². The van der Waals surface area contributed by atoms with Crippen LogP contribution in [0.2, 0.25) is 0 Å². The molecule has 0 saturated heterocycles. The maximum atomic E-state index is 13.8. The minimum absolute atomic E-state index is 0.108. The van der Waals surface area contributed by atoms with Crippen LogP contribution < -0.4 is 0 Å². The fourth-order valence-electron chi connectivity index (χ4n) is 5.04. The SMILES string of the molecule is CC(C)CCN(CC(=O)N(Cc1cccn1Cc1ccccc1)C1CCCCC1)C(=O)C1CC1. The normalized spacial score (nSPS) is 16.6. The topological polar surface area (TPSA) is 45.6 Å². The van der Waals surface area contributed by atoms with E-state index in [1.54, 1.807) is 0 Å². The largest absolute Gasteiger partial charge is 0.345 e. The van der Waals surface area contributed by atoms with Crippen molar-refractivity contribution in [1.29, 1.82) is 0 Å². The first-order valence-corrected chi connectivity index (χ1v) is 13.3. The number of rotatable bonds is 11. The van der Waals surface area contributed by atoms with Gasteiger partial charge in [0, 0.05) is 36.9 Å². The second-order valence-corrected chi connectivity index (χ2v) is 10.6. The number of amides is 2. The molecule has 2 saturated carbocycles. The van der Waals surface area contributed by atoms with Crippen molar-refractivity contribution in [1.82, 2.24) is 14.4 Å². The van der Waals surface area contributed by atoms with E-state index in [2.05, 4.69) is 65.9 Å². The van der Waals surface area contributed by atoms with Crippen LogP contribution in [0.3, 0.4) is 0 Å². The summed E-state index contributed by atoms with van der Waals surface area (Å²) in [6.07, 6.45) is 10.7. The molecular weight excluding hydrogens is 422 g/mol.